The Morgan fingerprint density at radius 1 is 0.731 bits per heavy atom. The smallest absolute Gasteiger partial charge is 0.317 e. The molecule has 0 aromatic rings. The van der Waals surface area contributed by atoms with Crippen LogP contribution in [0, 0.1) is 5.92 Å². The lowest BCUT2D eigenvalue weighted by Gasteiger charge is -2.46. The van der Waals surface area contributed by atoms with Gasteiger partial charge in [0.2, 0.25) is 0 Å². The molecule has 0 bridgehead atoms. The van der Waals surface area contributed by atoms with Crippen molar-refractivity contribution in [1.29, 1.82) is 0 Å². The zero-order chi connectivity index (χ0) is 19.9. The topological polar surface area (TPSA) is 197 Å². The lowest BCUT2D eigenvalue weighted by atomic mass is 9.73. The molecule has 0 aliphatic heterocycles. The second-order valence-electron chi connectivity index (χ2n) is 6.35. The number of aliphatic hydroxyl groups is 3. The standard InChI is InChI=1S/C15H26N2O9/c18-8(19)3-1-2-7-13(24)11(16-5-4-9(20)21)15(26)12(14(7)25)17-6-10(22)23/h7,11-17,24-26H,1-6H2,(H,18,19)(H,20,21)(H,22,23)/t7-,11+,12-,13+,14-,15+/m0/s1. The Morgan fingerprint density at radius 2 is 1.27 bits per heavy atom. The van der Waals surface area contributed by atoms with Gasteiger partial charge in [-0.25, -0.2) is 0 Å². The molecule has 11 nitrogen and oxygen atoms in total. The van der Waals surface area contributed by atoms with E-state index in [1.54, 1.807) is 0 Å². The molecular weight excluding hydrogens is 352 g/mol. The number of carbonyl (C=O) groups is 3. The van der Waals surface area contributed by atoms with Crippen molar-refractivity contribution in [3.8, 4) is 0 Å². The molecule has 8 N–H and O–H groups in total. The Labute approximate surface area is 149 Å². The summed E-state index contributed by atoms with van der Waals surface area (Å²) in [4.78, 5) is 32.0. The SMILES string of the molecule is O=C(O)CCC[C@H]1[C@@H](O)[C@@H](NCCC(=O)O)[C@@H](O)[C@@H](NCC(=O)O)[C@H]1O. The van der Waals surface area contributed by atoms with Crippen molar-refractivity contribution in [2.45, 2.75) is 56.1 Å². The van der Waals surface area contributed by atoms with Gasteiger partial charge in [-0.3, -0.25) is 19.7 Å². The molecule has 1 aliphatic carbocycles. The van der Waals surface area contributed by atoms with Gasteiger partial charge < -0.3 is 36.0 Å². The third-order valence-electron chi connectivity index (χ3n) is 4.49. The maximum Gasteiger partial charge on any atom is 0.317 e. The van der Waals surface area contributed by atoms with E-state index in [0.29, 0.717) is 0 Å². The summed E-state index contributed by atoms with van der Waals surface area (Å²) in [6.45, 7) is -0.573. The maximum absolute atomic E-state index is 10.8. The first-order valence-corrected chi connectivity index (χ1v) is 8.31. The molecule has 150 valence electrons. The van der Waals surface area contributed by atoms with Crippen LogP contribution in [0.25, 0.3) is 0 Å². The van der Waals surface area contributed by atoms with E-state index in [4.69, 9.17) is 15.3 Å². The van der Waals surface area contributed by atoms with Crippen LogP contribution in [0.2, 0.25) is 0 Å². The van der Waals surface area contributed by atoms with Gasteiger partial charge >= 0.3 is 17.9 Å². The molecule has 0 unspecified atom stereocenters. The van der Waals surface area contributed by atoms with E-state index in [2.05, 4.69) is 10.6 Å². The van der Waals surface area contributed by atoms with E-state index in [1.165, 1.54) is 0 Å². The molecule has 26 heavy (non-hydrogen) atoms. The molecule has 0 aromatic carbocycles. The van der Waals surface area contributed by atoms with Gasteiger partial charge in [0, 0.05) is 18.9 Å². The first kappa shape index (κ1) is 22.3. The van der Waals surface area contributed by atoms with Gasteiger partial charge in [-0.15, -0.1) is 0 Å². The molecule has 1 aliphatic rings. The summed E-state index contributed by atoms with van der Waals surface area (Å²) in [7, 11) is 0. The third kappa shape index (κ3) is 6.50. The molecule has 1 saturated carbocycles. The number of carboxylic acid groups (broad SMARTS) is 3. The largest absolute Gasteiger partial charge is 0.481 e. The Balaban J connectivity index is 2.86. The lowest BCUT2D eigenvalue weighted by molar-refractivity contribution is -0.141. The number of nitrogens with one attached hydrogen (secondary N) is 2. The minimum absolute atomic E-state index is 0.0439. The minimum Gasteiger partial charge on any atom is -0.481 e. The van der Waals surface area contributed by atoms with Crippen molar-refractivity contribution in [3.05, 3.63) is 0 Å². The number of hydrogen-bond donors (Lipinski definition) is 8. The zero-order valence-electron chi connectivity index (χ0n) is 14.1. The number of aliphatic hydroxyl groups excluding tert-OH is 3. The van der Waals surface area contributed by atoms with Crippen LogP contribution in [0.1, 0.15) is 25.7 Å². The molecule has 0 saturated heterocycles. The van der Waals surface area contributed by atoms with Crippen LogP contribution < -0.4 is 10.6 Å². The van der Waals surface area contributed by atoms with Crippen LogP contribution in [0.3, 0.4) is 0 Å². The van der Waals surface area contributed by atoms with Crippen molar-refractivity contribution in [2.75, 3.05) is 13.1 Å². The predicted molar refractivity (Wildman–Crippen MR) is 86.5 cm³/mol. The van der Waals surface area contributed by atoms with Gasteiger partial charge in [-0.1, -0.05) is 0 Å². The van der Waals surface area contributed by atoms with Gasteiger partial charge in [-0.2, -0.15) is 0 Å². The molecule has 11 heteroatoms. The van der Waals surface area contributed by atoms with E-state index in [9.17, 15) is 29.7 Å². The number of hydrogen-bond acceptors (Lipinski definition) is 8. The molecule has 0 aromatic heterocycles. The van der Waals surface area contributed by atoms with Crippen LogP contribution >= 0.6 is 0 Å². The highest BCUT2D eigenvalue weighted by Crippen LogP contribution is 2.30. The Hall–Kier alpha value is -1.79. The number of aliphatic carboxylic acids is 3. The first-order valence-electron chi connectivity index (χ1n) is 8.31. The van der Waals surface area contributed by atoms with Gasteiger partial charge in [-0.05, 0) is 12.8 Å². The monoisotopic (exact) mass is 378 g/mol. The fourth-order valence-electron chi connectivity index (χ4n) is 3.23. The van der Waals surface area contributed by atoms with Crippen LogP contribution in [0.15, 0.2) is 0 Å². The van der Waals surface area contributed by atoms with E-state index < -0.39 is 60.8 Å². The van der Waals surface area contributed by atoms with Crippen LogP contribution in [0.5, 0.6) is 0 Å². The van der Waals surface area contributed by atoms with Gasteiger partial charge in [0.1, 0.15) is 0 Å². The Kier molecular flexibility index (Phi) is 8.88. The van der Waals surface area contributed by atoms with Crippen LogP contribution in [0.4, 0.5) is 0 Å². The summed E-state index contributed by atoms with van der Waals surface area (Å²) >= 11 is 0. The second kappa shape index (κ2) is 10.4. The van der Waals surface area contributed by atoms with Gasteiger partial charge in [0.05, 0.1) is 43.4 Å². The quantitative estimate of drug-likeness (QED) is 0.188. The lowest BCUT2D eigenvalue weighted by Crippen LogP contribution is -2.69. The minimum atomic E-state index is -1.37. The third-order valence-corrected chi connectivity index (χ3v) is 4.49. The summed E-state index contributed by atoms with van der Waals surface area (Å²) in [5.41, 5.74) is 0. The molecule has 1 rings (SSSR count). The molecule has 0 spiro atoms. The predicted octanol–water partition coefficient (Wildman–Crippen LogP) is -2.57. The number of rotatable bonds is 11. The average molecular weight is 378 g/mol. The average Bonchev–Trinajstić information content (AvgIpc) is 2.53. The Bertz CT molecular complexity index is 468. The summed E-state index contributed by atoms with van der Waals surface area (Å²) in [5, 5.41) is 62.8. The van der Waals surface area contributed by atoms with E-state index in [0.717, 1.165) is 0 Å². The van der Waals surface area contributed by atoms with Crippen molar-refractivity contribution >= 4 is 17.9 Å². The fraction of sp³-hybridized carbons (Fsp3) is 0.800. The summed E-state index contributed by atoms with van der Waals surface area (Å²) < 4.78 is 0. The van der Waals surface area contributed by atoms with Crippen molar-refractivity contribution in [2.24, 2.45) is 5.92 Å². The summed E-state index contributed by atoms with van der Waals surface area (Å²) in [6.07, 6.45) is -4.03. The van der Waals surface area contributed by atoms with Crippen molar-refractivity contribution in [1.82, 2.24) is 10.6 Å². The highest BCUT2D eigenvalue weighted by atomic mass is 16.4. The fourth-order valence-corrected chi connectivity index (χ4v) is 3.23. The Morgan fingerprint density at radius 3 is 1.77 bits per heavy atom. The summed E-state index contributed by atoms with van der Waals surface area (Å²) in [5.74, 6) is -4.11. The molecule has 0 amide bonds. The van der Waals surface area contributed by atoms with Crippen LogP contribution in [-0.2, 0) is 14.4 Å². The maximum atomic E-state index is 10.8. The van der Waals surface area contributed by atoms with E-state index in [1.807, 2.05) is 0 Å². The number of carboxylic acids is 3. The van der Waals surface area contributed by atoms with E-state index in [-0.39, 0.29) is 32.2 Å². The molecular formula is C15H26N2O9. The van der Waals surface area contributed by atoms with Crippen molar-refractivity contribution < 1.29 is 45.0 Å². The van der Waals surface area contributed by atoms with Crippen LogP contribution in [-0.4, -0.2) is 92.0 Å². The van der Waals surface area contributed by atoms with E-state index >= 15 is 0 Å². The van der Waals surface area contributed by atoms with Gasteiger partial charge in [0.15, 0.2) is 0 Å². The highest BCUT2D eigenvalue weighted by Gasteiger charge is 2.48. The molecule has 6 atom stereocenters. The molecule has 0 radical (unpaired) electrons. The summed E-state index contributed by atoms with van der Waals surface area (Å²) in [6, 6.07) is -2.08. The zero-order valence-corrected chi connectivity index (χ0v) is 14.1. The normalized spacial score (nSPS) is 31.5. The van der Waals surface area contributed by atoms with Crippen molar-refractivity contribution in [3.63, 3.8) is 0 Å². The highest BCUT2D eigenvalue weighted by molar-refractivity contribution is 5.69. The second-order valence-corrected chi connectivity index (χ2v) is 6.35. The van der Waals surface area contributed by atoms with Gasteiger partial charge in [0.25, 0.3) is 0 Å². The molecule has 1 fully saturated rings. The molecule has 0 heterocycles. The first-order chi connectivity index (χ1) is 12.1.